The molecule has 1 heterocycles. The van der Waals surface area contributed by atoms with Crippen molar-refractivity contribution in [1.82, 2.24) is 0 Å². The lowest BCUT2D eigenvalue weighted by molar-refractivity contribution is -0.139. The highest BCUT2D eigenvalue weighted by molar-refractivity contribution is 6.30. The molecule has 0 saturated heterocycles. The number of halogens is 1. The van der Waals surface area contributed by atoms with Crippen LogP contribution in [0.3, 0.4) is 0 Å². The molecule has 3 rings (SSSR count). The molecule has 2 aromatic carbocycles. The van der Waals surface area contributed by atoms with Gasteiger partial charge in [0.2, 0.25) is 0 Å². The van der Waals surface area contributed by atoms with Crippen molar-refractivity contribution in [2.45, 2.75) is 18.3 Å². The maximum Gasteiger partial charge on any atom is 0.310 e. The molecule has 21 heavy (non-hydrogen) atoms. The second-order valence-corrected chi connectivity index (χ2v) is 5.66. The Balaban J connectivity index is 1.86. The van der Waals surface area contributed by atoms with Crippen molar-refractivity contribution < 1.29 is 14.6 Å². The molecule has 0 saturated carbocycles. The zero-order valence-corrected chi connectivity index (χ0v) is 12.1. The van der Waals surface area contributed by atoms with Gasteiger partial charge in [-0.3, -0.25) is 4.79 Å². The van der Waals surface area contributed by atoms with Crippen molar-refractivity contribution in [3.8, 4) is 5.75 Å². The molecule has 2 unspecified atom stereocenters. The number of carboxylic acids is 1. The van der Waals surface area contributed by atoms with Gasteiger partial charge in [-0.2, -0.15) is 0 Å². The minimum Gasteiger partial charge on any atom is -0.493 e. The highest BCUT2D eigenvalue weighted by Crippen LogP contribution is 2.39. The predicted molar refractivity (Wildman–Crippen MR) is 81.1 cm³/mol. The van der Waals surface area contributed by atoms with E-state index < -0.39 is 11.9 Å². The Morgan fingerprint density at radius 1 is 1.29 bits per heavy atom. The molecule has 0 fully saturated rings. The summed E-state index contributed by atoms with van der Waals surface area (Å²) >= 11 is 5.97. The van der Waals surface area contributed by atoms with Crippen molar-refractivity contribution in [2.75, 3.05) is 6.61 Å². The Hall–Kier alpha value is -2.00. The van der Waals surface area contributed by atoms with Crippen LogP contribution in [0.5, 0.6) is 5.75 Å². The van der Waals surface area contributed by atoms with Crippen LogP contribution in [0, 0.1) is 0 Å². The van der Waals surface area contributed by atoms with Crippen molar-refractivity contribution in [1.29, 1.82) is 0 Å². The van der Waals surface area contributed by atoms with Gasteiger partial charge in [-0.05, 0) is 30.2 Å². The van der Waals surface area contributed by atoms with E-state index in [-0.39, 0.29) is 5.92 Å². The molecule has 0 radical (unpaired) electrons. The molecule has 0 aromatic heterocycles. The molecule has 0 aliphatic carbocycles. The first-order valence-corrected chi connectivity index (χ1v) is 7.23. The second-order valence-electron chi connectivity index (χ2n) is 5.23. The first kappa shape index (κ1) is 14.0. The van der Waals surface area contributed by atoms with Gasteiger partial charge in [0.25, 0.3) is 0 Å². The summed E-state index contributed by atoms with van der Waals surface area (Å²) in [5.74, 6) is -0.455. The Morgan fingerprint density at radius 2 is 2.10 bits per heavy atom. The summed E-state index contributed by atoms with van der Waals surface area (Å²) in [6.45, 7) is 0.531. The molecular weight excluding hydrogens is 288 g/mol. The summed E-state index contributed by atoms with van der Waals surface area (Å²) in [5.41, 5.74) is 1.82. The molecule has 108 valence electrons. The lowest BCUT2D eigenvalue weighted by Crippen LogP contribution is -2.16. The molecule has 1 aliphatic heterocycles. The summed E-state index contributed by atoms with van der Waals surface area (Å²) in [7, 11) is 0. The van der Waals surface area contributed by atoms with E-state index >= 15 is 0 Å². The molecule has 4 heteroatoms. The standard InChI is InChI=1S/C17H15ClO3/c18-13-5-3-4-11(8-13)15(17(19)20)9-12-10-21-16-7-2-1-6-14(12)16/h1-8,12,15H,9-10H2,(H,19,20). The number of aliphatic carboxylic acids is 1. The van der Waals surface area contributed by atoms with Gasteiger partial charge < -0.3 is 9.84 Å². The van der Waals surface area contributed by atoms with E-state index in [0.29, 0.717) is 18.1 Å². The Morgan fingerprint density at radius 3 is 2.86 bits per heavy atom. The number of hydrogen-bond donors (Lipinski definition) is 1. The van der Waals surface area contributed by atoms with E-state index in [1.165, 1.54) is 0 Å². The predicted octanol–water partition coefficient (Wildman–Crippen LogP) is 4.07. The Kier molecular flexibility index (Phi) is 3.84. The molecule has 1 N–H and O–H groups in total. The van der Waals surface area contributed by atoms with Gasteiger partial charge in [-0.15, -0.1) is 0 Å². The summed E-state index contributed by atoms with van der Waals surface area (Å²) in [5, 5.41) is 10.1. The average Bonchev–Trinajstić information content (AvgIpc) is 2.87. The highest BCUT2D eigenvalue weighted by Gasteiger charge is 2.30. The number of benzene rings is 2. The van der Waals surface area contributed by atoms with E-state index in [4.69, 9.17) is 16.3 Å². The van der Waals surface area contributed by atoms with Gasteiger partial charge in [0, 0.05) is 16.5 Å². The van der Waals surface area contributed by atoms with E-state index in [0.717, 1.165) is 16.9 Å². The lowest BCUT2D eigenvalue weighted by Gasteiger charge is -2.17. The molecule has 0 bridgehead atoms. The van der Waals surface area contributed by atoms with E-state index in [1.807, 2.05) is 30.3 Å². The Bertz CT molecular complexity index is 669. The molecule has 2 aromatic rings. The third kappa shape index (κ3) is 2.88. The molecule has 3 nitrogen and oxygen atoms in total. The minimum absolute atomic E-state index is 0.0984. The Labute approximate surface area is 128 Å². The third-order valence-corrected chi connectivity index (χ3v) is 4.10. The zero-order valence-electron chi connectivity index (χ0n) is 11.3. The van der Waals surface area contributed by atoms with Crippen molar-refractivity contribution >= 4 is 17.6 Å². The smallest absolute Gasteiger partial charge is 0.310 e. The SMILES string of the molecule is O=C(O)C(CC1COc2ccccc21)c1cccc(Cl)c1. The number of rotatable bonds is 4. The van der Waals surface area contributed by atoms with Crippen LogP contribution >= 0.6 is 11.6 Å². The van der Waals surface area contributed by atoms with Gasteiger partial charge in [-0.25, -0.2) is 0 Å². The number of carboxylic acid groups (broad SMARTS) is 1. The number of fused-ring (bicyclic) bond motifs is 1. The van der Waals surface area contributed by atoms with Crippen LogP contribution in [0.1, 0.15) is 29.4 Å². The highest BCUT2D eigenvalue weighted by atomic mass is 35.5. The van der Waals surface area contributed by atoms with Crippen LogP contribution in [0.25, 0.3) is 0 Å². The van der Waals surface area contributed by atoms with Gasteiger partial charge in [-0.1, -0.05) is 41.9 Å². The molecule has 2 atom stereocenters. The van der Waals surface area contributed by atoms with Gasteiger partial charge >= 0.3 is 5.97 Å². The number of para-hydroxylation sites is 1. The minimum atomic E-state index is -0.832. The van der Waals surface area contributed by atoms with Gasteiger partial charge in [0.05, 0.1) is 12.5 Å². The molecule has 1 aliphatic rings. The second kappa shape index (κ2) is 5.78. The quantitative estimate of drug-likeness (QED) is 0.926. The maximum atomic E-state index is 11.6. The van der Waals surface area contributed by atoms with Crippen LogP contribution in [0.15, 0.2) is 48.5 Å². The van der Waals surface area contributed by atoms with Crippen molar-refractivity contribution in [3.63, 3.8) is 0 Å². The zero-order chi connectivity index (χ0) is 14.8. The lowest BCUT2D eigenvalue weighted by atomic mass is 9.86. The molecule has 0 spiro atoms. The molecule has 0 amide bonds. The average molecular weight is 303 g/mol. The number of carbonyl (C=O) groups is 1. The number of hydrogen-bond acceptors (Lipinski definition) is 2. The summed E-state index contributed by atoms with van der Waals surface area (Å²) in [6.07, 6.45) is 0.507. The van der Waals surface area contributed by atoms with Crippen molar-refractivity contribution in [2.24, 2.45) is 0 Å². The number of ether oxygens (including phenoxy) is 1. The largest absolute Gasteiger partial charge is 0.493 e. The van der Waals surface area contributed by atoms with Crippen LogP contribution < -0.4 is 4.74 Å². The van der Waals surface area contributed by atoms with Gasteiger partial charge in [0.15, 0.2) is 0 Å². The monoisotopic (exact) mass is 302 g/mol. The van der Waals surface area contributed by atoms with Crippen LogP contribution in [-0.2, 0) is 4.79 Å². The third-order valence-electron chi connectivity index (χ3n) is 3.87. The molecular formula is C17H15ClO3. The normalized spacial score (nSPS) is 17.9. The fourth-order valence-electron chi connectivity index (χ4n) is 2.81. The van der Waals surface area contributed by atoms with Crippen LogP contribution in [-0.4, -0.2) is 17.7 Å². The van der Waals surface area contributed by atoms with Gasteiger partial charge in [0.1, 0.15) is 5.75 Å². The van der Waals surface area contributed by atoms with E-state index in [9.17, 15) is 9.90 Å². The fraction of sp³-hybridized carbons (Fsp3) is 0.235. The van der Waals surface area contributed by atoms with Crippen molar-refractivity contribution in [3.05, 3.63) is 64.7 Å². The first-order chi connectivity index (χ1) is 10.1. The fourth-order valence-corrected chi connectivity index (χ4v) is 3.01. The van der Waals surface area contributed by atoms with E-state index in [1.54, 1.807) is 18.2 Å². The first-order valence-electron chi connectivity index (χ1n) is 6.85. The summed E-state index contributed by atoms with van der Waals surface area (Å²) in [6, 6.07) is 14.9. The maximum absolute atomic E-state index is 11.6. The van der Waals surface area contributed by atoms with E-state index in [2.05, 4.69) is 0 Å². The van der Waals surface area contributed by atoms with Crippen LogP contribution in [0.2, 0.25) is 5.02 Å². The summed E-state index contributed by atoms with van der Waals surface area (Å²) in [4.78, 5) is 11.6. The topological polar surface area (TPSA) is 46.5 Å². The summed E-state index contributed by atoms with van der Waals surface area (Å²) < 4.78 is 5.63. The van der Waals surface area contributed by atoms with Crippen LogP contribution in [0.4, 0.5) is 0 Å².